The van der Waals surface area contributed by atoms with Crippen molar-refractivity contribution in [3.8, 4) is 0 Å². The Labute approximate surface area is 128 Å². The minimum absolute atomic E-state index is 0.292. The van der Waals surface area contributed by atoms with E-state index in [1.807, 2.05) is 6.92 Å². The molecule has 0 unspecified atom stereocenters. The van der Waals surface area contributed by atoms with Crippen LogP contribution in [-0.4, -0.2) is 30.3 Å². The summed E-state index contributed by atoms with van der Waals surface area (Å²) in [5, 5.41) is 3.60. The topological polar surface area (TPSA) is 28.2 Å². The number of rotatable bonds is 7. The highest BCUT2D eigenvalue weighted by Crippen LogP contribution is 2.25. The molecule has 0 saturated heterocycles. The fourth-order valence-corrected chi connectivity index (χ4v) is 2.03. The largest absolute Gasteiger partial charge is 0.405 e. The van der Waals surface area contributed by atoms with E-state index in [-0.39, 0.29) is 6.04 Å². The first-order valence-electron chi connectivity index (χ1n) is 6.94. The molecule has 1 N–H and O–H groups in total. The predicted molar refractivity (Wildman–Crippen MR) is 79.8 cm³/mol. The fourth-order valence-electron chi connectivity index (χ4n) is 1.86. The molecule has 0 atom stereocenters. The second kappa shape index (κ2) is 7.84. The van der Waals surface area contributed by atoms with E-state index in [1.54, 1.807) is 19.9 Å². The minimum Gasteiger partial charge on any atom is -0.345 e. The number of hydrogen-bond donors (Lipinski definition) is 1. The van der Waals surface area contributed by atoms with Gasteiger partial charge in [0.05, 0.1) is 10.7 Å². The normalized spacial score (nSPS) is 12.0. The average Bonchev–Trinajstić information content (AvgIpc) is 2.37. The zero-order valence-corrected chi connectivity index (χ0v) is 13.2. The lowest BCUT2D eigenvalue weighted by Gasteiger charge is -2.29. The van der Waals surface area contributed by atoms with E-state index in [2.05, 4.69) is 10.3 Å². The lowest BCUT2D eigenvalue weighted by molar-refractivity contribution is -0.120. The molecule has 1 aromatic heterocycles. The highest BCUT2D eigenvalue weighted by Gasteiger charge is 2.32. The Hall–Kier alpha value is -1.01. The van der Waals surface area contributed by atoms with Crippen molar-refractivity contribution in [2.75, 3.05) is 18.0 Å². The van der Waals surface area contributed by atoms with Crippen molar-refractivity contribution in [2.24, 2.45) is 0 Å². The summed E-state index contributed by atoms with van der Waals surface area (Å²) in [5.41, 5.74) is 0.565. The first-order chi connectivity index (χ1) is 9.74. The molecule has 0 aliphatic rings. The molecule has 0 aliphatic carbocycles. The second-order valence-electron chi connectivity index (χ2n) is 5.11. The molecule has 0 spiro atoms. The van der Waals surface area contributed by atoms with Crippen LogP contribution in [0.25, 0.3) is 0 Å². The molecule has 0 saturated carbocycles. The van der Waals surface area contributed by atoms with Gasteiger partial charge in [0.2, 0.25) is 0 Å². The van der Waals surface area contributed by atoms with Crippen LogP contribution in [-0.2, 0) is 6.54 Å². The van der Waals surface area contributed by atoms with Crippen molar-refractivity contribution in [3.05, 3.63) is 22.8 Å². The van der Waals surface area contributed by atoms with Gasteiger partial charge in [-0.3, -0.25) is 0 Å². The van der Waals surface area contributed by atoms with Crippen LogP contribution in [0, 0.1) is 0 Å². The Bertz CT molecular complexity index is 450. The van der Waals surface area contributed by atoms with Gasteiger partial charge < -0.3 is 10.2 Å². The van der Waals surface area contributed by atoms with Crippen LogP contribution in [0.1, 0.15) is 32.9 Å². The number of alkyl halides is 3. The molecule has 0 amide bonds. The van der Waals surface area contributed by atoms with Crippen LogP contribution < -0.4 is 10.2 Å². The molecule has 3 nitrogen and oxygen atoms in total. The van der Waals surface area contributed by atoms with E-state index in [1.165, 1.54) is 11.0 Å². The molecule has 0 radical (unpaired) electrons. The van der Waals surface area contributed by atoms with Crippen LogP contribution in [0.2, 0.25) is 5.02 Å². The van der Waals surface area contributed by atoms with Crippen LogP contribution in [0.3, 0.4) is 0 Å². The van der Waals surface area contributed by atoms with Gasteiger partial charge in [-0.05, 0) is 38.9 Å². The first kappa shape index (κ1) is 18.0. The lowest BCUT2D eigenvalue weighted by Crippen LogP contribution is -2.39. The quantitative estimate of drug-likeness (QED) is 0.768. The Morgan fingerprint density at radius 2 is 2.00 bits per heavy atom. The van der Waals surface area contributed by atoms with Crippen LogP contribution >= 0.6 is 11.6 Å². The summed E-state index contributed by atoms with van der Waals surface area (Å²) in [4.78, 5) is 5.50. The molecule has 120 valence electrons. The van der Waals surface area contributed by atoms with Crippen LogP contribution in [0.15, 0.2) is 12.1 Å². The molecule has 21 heavy (non-hydrogen) atoms. The third kappa shape index (κ3) is 6.09. The summed E-state index contributed by atoms with van der Waals surface area (Å²) in [6.45, 7) is 5.66. The molecule has 0 aromatic carbocycles. The van der Waals surface area contributed by atoms with Gasteiger partial charge in [-0.25, -0.2) is 4.98 Å². The van der Waals surface area contributed by atoms with E-state index >= 15 is 0 Å². The van der Waals surface area contributed by atoms with Gasteiger partial charge in [0.15, 0.2) is 0 Å². The van der Waals surface area contributed by atoms with Gasteiger partial charge in [0, 0.05) is 12.6 Å². The van der Waals surface area contributed by atoms with Crippen LogP contribution in [0.4, 0.5) is 19.0 Å². The van der Waals surface area contributed by atoms with Gasteiger partial charge in [0.1, 0.15) is 12.4 Å². The third-order valence-electron chi connectivity index (χ3n) is 2.89. The molecule has 7 heteroatoms. The number of halogens is 4. The maximum absolute atomic E-state index is 12.7. The monoisotopic (exact) mass is 323 g/mol. The van der Waals surface area contributed by atoms with Crippen LogP contribution in [0.5, 0.6) is 0 Å². The van der Waals surface area contributed by atoms with Crippen molar-refractivity contribution in [1.82, 2.24) is 10.3 Å². The van der Waals surface area contributed by atoms with Crippen molar-refractivity contribution >= 4 is 17.4 Å². The minimum atomic E-state index is -4.27. The smallest absolute Gasteiger partial charge is 0.345 e. The molecule has 0 aliphatic heterocycles. The standard InChI is InChI=1S/C14H21ClF3N3/c1-4-7-19-8-12-11(15)5-6-13(20-12)21(10(2)3)9-14(16,17)18/h5-6,10,19H,4,7-9H2,1-3H3. The van der Waals surface area contributed by atoms with Crippen molar-refractivity contribution < 1.29 is 13.2 Å². The summed E-state index contributed by atoms with van der Waals surface area (Å²) in [6.07, 6.45) is -3.31. The third-order valence-corrected chi connectivity index (χ3v) is 3.23. The molecule has 0 fully saturated rings. The van der Waals surface area contributed by atoms with E-state index in [4.69, 9.17) is 11.6 Å². The number of hydrogen-bond acceptors (Lipinski definition) is 3. The summed E-state index contributed by atoms with van der Waals surface area (Å²) in [5.74, 6) is 0.292. The zero-order valence-electron chi connectivity index (χ0n) is 12.5. The Kier molecular flexibility index (Phi) is 6.74. The van der Waals surface area contributed by atoms with Crippen molar-refractivity contribution in [2.45, 2.75) is 46.0 Å². The van der Waals surface area contributed by atoms with E-state index in [9.17, 15) is 13.2 Å². The highest BCUT2D eigenvalue weighted by atomic mass is 35.5. The number of nitrogens with one attached hydrogen (secondary N) is 1. The van der Waals surface area contributed by atoms with Crippen molar-refractivity contribution in [3.63, 3.8) is 0 Å². The summed E-state index contributed by atoms with van der Waals surface area (Å²) in [6, 6.07) is 2.81. The molecule has 1 aromatic rings. The van der Waals surface area contributed by atoms with Gasteiger partial charge in [0.25, 0.3) is 0 Å². The average molecular weight is 324 g/mol. The SMILES string of the molecule is CCCNCc1nc(N(CC(F)(F)F)C(C)C)ccc1Cl. The Morgan fingerprint density at radius 1 is 1.33 bits per heavy atom. The van der Waals surface area contributed by atoms with E-state index in [0.29, 0.717) is 23.1 Å². The molecule has 0 bridgehead atoms. The fraction of sp³-hybridized carbons (Fsp3) is 0.643. The molecule has 1 heterocycles. The van der Waals surface area contributed by atoms with E-state index in [0.717, 1.165) is 13.0 Å². The van der Waals surface area contributed by atoms with Gasteiger partial charge in [-0.1, -0.05) is 18.5 Å². The maximum atomic E-state index is 12.7. The maximum Gasteiger partial charge on any atom is 0.405 e. The number of pyridine rings is 1. The Morgan fingerprint density at radius 3 is 2.52 bits per heavy atom. The van der Waals surface area contributed by atoms with Crippen molar-refractivity contribution in [1.29, 1.82) is 0 Å². The molecular formula is C14H21ClF3N3. The number of anilines is 1. The van der Waals surface area contributed by atoms with Gasteiger partial charge >= 0.3 is 6.18 Å². The van der Waals surface area contributed by atoms with Gasteiger partial charge in [-0.15, -0.1) is 0 Å². The first-order valence-corrected chi connectivity index (χ1v) is 7.32. The summed E-state index contributed by atoms with van der Waals surface area (Å²) in [7, 11) is 0. The van der Waals surface area contributed by atoms with Gasteiger partial charge in [-0.2, -0.15) is 13.2 Å². The Balaban J connectivity index is 2.96. The van der Waals surface area contributed by atoms with E-state index < -0.39 is 12.7 Å². The number of nitrogens with zero attached hydrogens (tertiary/aromatic N) is 2. The predicted octanol–water partition coefficient (Wildman–Crippen LogP) is 4.01. The molecular weight excluding hydrogens is 303 g/mol. The summed E-state index contributed by atoms with van der Waals surface area (Å²) >= 11 is 6.05. The highest BCUT2D eigenvalue weighted by molar-refractivity contribution is 6.31. The second-order valence-corrected chi connectivity index (χ2v) is 5.52. The molecule has 1 rings (SSSR count). The zero-order chi connectivity index (χ0) is 16.0. The number of aromatic nitrogens is 1. The summed E-state index contributed by atoms with van der Waals surface area (Å²) < 4.78 is 38.0. The lowest BCUT2D eigenvalue weighted by atomic mass is 10.2.